The van der Waals surface area contributed by atoms with Crippen LogP contribution in [0.1, 0.15) is 39.5 Å². The van der Waals surface area contributed by atoms with Crippen molar-refractivity contribution in [2.24, 2.45) is 0 Å². The Balaban J connectivity index is -0.000000153. The van der Waals surface area contributed by atoms with E-state index >= 15 is 0 Å². The van der Waals surface area contributed by atoms with E-state index in [2.05, 4.69) is 0 Å². The molecule has 7 heteroatoms. The molecule has 0 amide bonds. The molecule has 0 aliphatic rings. The van der Waals surface area contributed by atoms with Gasteiger partial charge in [-0.3, -0.25) is 9.59 Å². The summed E-state index contributed by atoms with van der Waals surface area (Å²) in [5, 5.41) is 15.8. The van der Waals surface area contributed by atoms with Crippen molar-refractivity contribution in [2.75, 3.05) is 0 Å². The van der Waals surface area contributed by atoms with Crippen LogP contribution >= 0.6 is 17.9 Å². The molecule has 0 aromatic rings. The van der Waals surface area contributed by atoms with E-state index in [0.29, 0.717) is 12.8 Å². The molecule has 0 aliphatic heterocycles. The Kier molecular flexibility index (Phi) is 27.3. The van der Waals surface area contributed by atoms with Gasteiger partial charge in [-0.2, -0.15) is 0 Å². The van der Waals surface area contributed by atoms with Crippen LogP contribution in [-0.2, 0) is 9.59 Å². The van der Waals surface area contributed by atoms with Crippen molar-refractivity contribution < 1.29 is 19.8 Å². The van der Waals surface area contributed by atoms with E-state index in [1.165, 1.54) is 0 Å². The second-order valence-corrected chi connectivity index (χ2v) is 5.81. The van der Waals surface area contributed by atoms with Gasteiger partial charge in [0, 0.05) is 12.8 Å². The third-order valence-corrected chi connectivity index (χ3v) is 0.928. The van der Waals surface area contributed by atoms with Gasteiger partial charge in [0.1, 0.15) is 0 Å². The fourth-order valence-corrected chi connectivity index (χ4v) is 0.428. The summed E-state index contributed by atoms with van der Waals surface area (Å²) in [4.78, 5) is 19.2. The van der Waals surface area contributed by atoms with Gasteiger partial charge < -0.3 is 10.2 Å². The quantitative estimate of drug-likeness (QED) is 0.742. The minimum atomic E-state index is -0.711. The van der Waals surface area contributed by atoms with Crippen LogP contribution < -0.4 is 0 Å². The molecule has 0 atom stereocenters. The van der Waals surface area contributed by atoms with Crippen LogP contribution in [0, 0.1) is 0 Å². The average molecular weight is 375 g/mol. The molecule has 0 radical (unpaired) electrons. The van der Waals surface area contributed by atoms with Crippen molar-refractivity contribution in [3.63, 3.8) is 0 Å². The molecule has 0 aromatic carbocycles. The van der Waals surface area contributed by atoms with Crippen molar-refractivity contribution in [2.45, 2.75) is 39.5 Å². The molecule has 0 saturated heterocycles. The Hall–Kier alpha value is 0.310. The molecular weight excluding hydrogens is 359 g/mol. The van der Waals surface area contributed by atoms with Crippen molar-refractivity contribution in [3.8, 4) is 0 Å². The van der Waals surface area contributed by atoms with E-state index in [1.54, 1.807) is 0 Å². The summed E-state index contributed by atoms with van der Waals surface area (Å²) in [6.07, 6.45) is 2.05. The van der Waals surface area contributed by atoms with E-state index in [9.17, 15) is 9.59 Å². The van der Waals surface area contributed by atoms with Gasteiger partial charge in [0.05, 0.1) is 0 Å². The van der Waals surface area contributed by atoms with E-state index in [-0.39, 0.29) is 0 Å². The normalized spacial score (nSPS) is 7.73. The van der Waals surface area contributed by atoms with Gasteiger partial charge in [0.2, 0.25) is 0 Å². The molecule has 0 aliphatic carbocycles. The fourth-order valence-electron chi connectivity index (χ4n) is 0.428. The molecule has 0 spiro atoms. The van der Waals surface area contributed by atoms with Gasteiger partial charge in [-0.15, -0.1) is 0 Å². The Bertz CT molecular complexity index is 140. The first-order valence-corrected chi connectivity index (χ1v) is 10.2. The number of rotatable bonds is 4. The number of hydrogen-bond donors (Lipinski definition) is 2. The molecule has 0 unspecified atom stereocenters. The summed E-state index contributed by atoms with van der Waals surface area (Å²) in [6.45, 7) is 3.68. The summed E-state index contributed by atoms with van der Waals surface area (Å²) in [7, 11) is 9.79. The first-order chi connectivity index (χ1) is 6.95. The molecule has 0 bridgehead atoms. The number of carbonyl (C=O) groups is 2. The number of carboxylic acid groups (broad SMARTS) is 2. The molecule has 2 N–H and O–H groups in total. The third-order valence-electron chi connectivity index (χ3n) is 0.928. The molecule has 92 valence electrons. The standard InChI is InChI=1S/2C4H8O2.Cl2Te/c2*1-2-3-4(5)6;1-3-2/h2*2-3H2,1H3,(H,5,6);. The Morgan fingerprint density at radius 3 is 1.20 bits per heavy atom. The van der Waals surface area contributed by atoms with Gasteiger partial charge in [0.15, 0.2) is 0 Å². The summed E-state index contributed by atoms with van der Waals surface area (Å²) < 4.78 is 0. The zero-order valence-electron chi connectivity index (χ0n) is 8.70. The predicted octanol–water partition coefficient (Wildman–Crippen LogP) is 2.74. The van der Waals surface area contributed by atoms with Crippen LogP contribution in [0.25, 0.3) is 0 Å². The summed E-state index contributed by atoms with van der Waals surface area (Å²) >= 11 is -0.586. The maximum atomic E-state index is 9.60. The van der Waals surface area contributed by atoms with Crippen LogP contribution in [0.3, 0.4) is 0 Å². The monoisotopic (exact) mass is 376 g/mol. The summed E-state index contributed by atoms with van der Waals surface area (Å²) in [5.74, 6) is -1.42. The zero-order valence-corrected chi connectivity index (χ0v) is 12.5. The number of halogens is 2. The molecule has 0 fully saturated rings. The first kappa shape index (κ1) is 20.7. The van der Waals surface area contributed by atoms with Crippen LogP contribution in [-0.4, -0.2) is 40.8 Å². The maximum absolute atomic E-state index is 9.60. The van der Waals surface area contributed by atoms with Crippen LogP contribution in [0.2, 0.25) is 0 Å². The second kappa shape index (κ2) is 19.8. The van der Waals surface area contributed by atoms with E-state index in [0.717, 1.165) is 12.8 Å². The summed E-state index contributed by atoms with van der Waals surface area (Å²) in [5.41, 5.74) is 0. The van der Waals surface area contributed by atoms with Crippen molar-refractivity contribution in [1.82, 2.24) is 0 Å². The number of hydrogen-bond acceptors (Lipinski definition) is 2. The van der Waals surface area contributed by atoms with Gasteiger partial charge in [-0.25, -0.2) is 0 Å². The molecule has 0 rings (SSSR count). The molecule has 0 aromatic heterocycles. The second-order valence-electron chi connectivity index (χ2n) is 2.35. The van der Waals surface area contributed by atoms with Crippen LogP contribution in [0.4, 0.5) is 0 Å². The summed E-state index contributed by atoms with van der Waals surface area (Å²) in [6, 6.07) is 0. The molecule has 15 heavy (non-hydrogen) atoms. The van der Waals surface area contributed by atoms with Gasteiger partial charge in [-0.1, -0.05) is 13.8 Å². The SMILES string of the molecule is CCCC(=O)O.CCCC(=O)O.Cl[Te]Cl. The molecule has 0 heterocycles. The molecule has 0 saturated carbocycles. The Labute approximate surface area is 107 Å². The van der Waals surface area contributed by atoms with E-state index in [4.69, 9.17) is 28.1 Å². The Morgan fingerprint density at radius 1 is 1.00 bits per heavy atom. The van der Waals surface area contributed by atoms with Crippen molar-refractivity contribution in [3.05, 3.63) is 0 Å². The van der Waals surface area contributed by atoms with Crippen LogP contribution in [0.5, 0.6) is 0 Å². The van der Waals surface area contributed by atoms with Gasteiger partial charge in [0.25, 0.3) is 0 Å². The molecular formula is C8H16Cl2O4Te. The van der Waals surface area contributed by atoms with Crippen molar-refractivity contribution in [1.29, 1.82) is 0 Å². The van der Waals surface area contributed by atoms with Crippen molar-refractivity contribution >= 4 is 48.5 Å². The van der Waals surface area contributed by atoms with E-state index in [1.807, 2.05) is 13.8 Å². The zero-order chi connectivity index (χ0) is 12.7. The number of aliphatic carboxylic acids is 2. The van der Waals surface area contributed by atoms with Gasteiger partial charge in [-0.05, 0) is 12.8 Å². The van der Waals surface area contributed by atoms with Gasteiger partial charge >= 0.3 is 48.5 Å². The average Bonchev–Trinajstić information content (AvgIpc) is 2.05. The topological polar surface area (TPSA) is 74.6 Å². The van der Waals surface area contributed by atoms with Crippen LogP contribution in [0.15, 0.2) is 0 Å². The number of carboxylic acids is 2. The third kappa shape index (κ3) is 54.5. The molecule has 4 nitrogen and oxygen atoms in total. The minimum absolute atomic E-state index is 0.292. The van der Waals surface area contributed by atoms with E-state index < -0.39 is 30.6 Å². The predicted molar refractivity (Wildman–Crippen MR) is 62.5 cm³/mol. The first-order valence-electron chi connectivity index (χ1n) is 4.29. The fraction of sp³-hybridized carbons (Fsp3) is 0.750. The Morgan fingerprint density at radius 2 is 1.20 bits per heavy atom.